The summed E-state index contributed by atoms with van der Waals surface area (Å²) in [7, 11) is -1.92. The van der Waals surface area contributed by atoms with Crippen LogP contribution in [0.3, 0.4) is 0 Å². The molecule has 0 aliphatic carbocycles. The largest absolute Gasteiger partial charge is 0.352 e. The summed E-state index contributed by atoms with van der Waals surface area (Å²) in [5.41, 5.74) is 2.22. The molecule has 0 saturated carbocycles. The molecule has 1 fully saturated rings. The third-order valence-corrected chi connectivity index (χ3v) is 5.75. The Kier molecular flexibility index (Phi) is 6.13. The fraction of sp³-hybridized carbons (Fsp3) is 0.350. The number of likely N-dealkylation sites (tertiary alicyclic amines) is 1. The van der Waals surface area contributed by atoms with Gasteiger partial charge < -0.3 is 10.2 Å². The van der Waals surface area contributed by atoms with Gasteiger partial charge in [-0.15, -0.1) is 0 Å². The van der Waals surface area contributed by atoms with Gasteiger partial charge in [-0.3, -0.25) is 4.99 Å². The molecular weight excluding hydrogens is 360 g/mol. The molecule has 1 heterocycles. The maximum Gasteiger partial charge on any atom is 0.238 e. The highest BCUT2D eigenvalue weighted by atomic mass is 32.2. The molecule has 0 aromatic heterocycles. The van der Waals surface area contributed by atoms with Crippen molar-refractivity contribution in [3.05, 3.63) is 65.7 Å². The summed E-state index contributed by atoms with van der Waals surface area (Å²) >= 11 is 0. The molecule has 0 bridgehead atoms. The van der Waals surface area contributed by atoms with Gasteiger partial charge in [0, 0.05) is 26.7 Å². The second-order valence-corrected chi connectivity index (χ2v) is 8.45. The lowest BCUT2D eigenvalue weighted by Crippen LogP contribution is -2.39. The summed E-state index contributed by atoms with van der Waals surface area (Å²) < 4.78 is 23.0. The lowest BCUT2D eigenvalue weighted by atomic mass is 9.99. The van der Waals surface area contributed by atoms with Crippen molar-refractivity contribution >= 4 is 16.0 Å². The average Bonchev–Trinajstić information content (AvgIpc) is 3.11. The zero-order chi connectivity index (χ0) is 19.3. The standard InChI is InChI=1S/C20H26N4O2S/c1-22-20(23-14-17-8-5-9-19(13-17)27(21,25)26)24-11-10-18(15-24)12-16-6-3-2-4-7-16/h2-9,13,18H,10-12,14-15H2,1H3,(H,22,23)(H2,21,25,26). The third kappa shape index (κ3) is 5.30. The highest BCUT2D eigenvalue weighted by molar-refractivity contribution is 7.89. The van der Waals surface area contributed by atoms with E-state index in [9.17, 15) is 8.42 Å². The number of nitrogens with zero attached hydrogens (tertiary/aromatic N) is 2. The van der Waals surface area contributed by atoms with Crippen LogP contribution in [0, 0.1) is 5.92 Å². The maximum absolute atomic E-state index is 11.5. The minimum absolute atomic E-state index is 0.126. The smallest absolute Gasteiger partial charge is 0.238 e. The van der Waals surface area contributed by atoms with Crippen molar-refractivity contribution in [2.24, 2.45) is 16.0 Å². The van der Waals surface area contributed by atoms with Crippen molar-refractivity contribution in [3.63, 3.8) is 0 Å². The van der Waals surface area contributed by atoms with Gasteiger partial charge in [0.2, 0.25) is 10.0 Å². The van der Waals surface area contributed by atoms with Gasteiger partial charge >= 0.3 is 0 Å². The van der Waals surface area contributed by atoms with Crippen molar-refractivity contribution < 1.29 is 8.42 Å². The van der Waals surface area contributed by atoms with Gasteiger partial charge in [-0.2, -0.15) is 0 Å². The minimum atomic E-state index is -3.69. The molecule has 27 heavy (non-hydrogen) atoms. The van der Waals surface area contributed by atoms with Crippen molar-refractivity contribution in [1.29, 1.82) is 0 Å². The Bertz CT molecular complexity index is 897. The second kappa shape index (κ2) is 8.54. The molecule has 2 aromatic carbocycles. The van der Waals surface area contributed by atoms with Crippen LogP contribution >= 0.6 is 0 Å². The second-order valence-electron chi connectivity index (χ2n) is 6.88. The lowest BCUT2D eigenvalue weighted by Gasteiger charge is -2.22. The Morgan fingerprint density at radius 3 is 2.63 bits per heavy atom. The molecule has 144 valence electrons. The molecule has 1 aliphatic rings. The summed E-state index contributed by atoms with van der Waals surface area (Å²) in [4.78, 5) is 6.77. The van der Waals surface area contributed by atoms with E-state index < -0.39 is 10.0 Å². The van der Waals surface area contributed by atoms with Crippen molar-refractivity contribution in [3.8, 4) is 0 Å². The number of aliphatic imine (C=N–C) groups is 1. The van der Waals surface area contributed by atoms with E-state index >= 15 is 0 Å². The molecule has 7 heteroatoms. The lowest BCUT2D eigenvalue weighted by molar-refractivity contribution is 0.460. The fourth-order valence-corrected chi connectivity index (χ4v) is 4.07. The van der Waals surface area contributed by atoms with Crippen LogP contribution in [0.1, 0.15) is 17.5 Å². The number of nitrogens with one attached hydrogen (secondary N) is 1. The monoisotopic (exact) mass is 386 g/mol. The van der Waals surface area contributed by atoms with E-state index in [0.29, 0.717) is 12.5 Å². The Labute approximate surface area is 161 Å². The molecule has 0 spiro atoms. The van der Waals surface area contributed by atoms with Crippen LogP contribution < -0.4 is 10.5 Å². The van der Waals surface area contributed by atoms with Crippen LogP contribution in [0.2, 0.25) is 0 Å². The van der Waals surface area contributed by atoms with Gasteiger partial charge in [-0.05, 0) is 42.0 Å². The minimum Gasteiger partial charge on any atom is -0.352 e. The van der Waals surface area contributed by atoms with Gasteiger partial charge in [-0.1, -0.05) is 42.5 Å². The summed E-state index contributed by atoms with van der Waals surface area (Å²) in [6.45, 7) is 2.43. The number of sulfonamides is 1. The topological polar surface area (TPSA) is 87.8 Å². The highest BCUT2D eigenvalue weighted by Crippen LogP contribution is 2.21. The predicted molar refractivity (Wildman–Crippen MR) is 108 cm³/mol. The summed E-state index contributed by atoms with van der Waals surface area (Å²) in [5, 5.41) is 8.54. The first-order valence-electron chi connectivity index (χ1n) is 9.07. The van der Waals surface area contributed by atoms with Crippen LogP contribution in [0.4, 0.5) is 0 Å². The number of hydrogen-bond acceptors (Lipinski definition) is 3. The first kappa shape index (κ1) is 19.4. The van der Waals surface area contributed by atoms with Crippen molar-refractivity contribution in [2.75, 3.05) is 20.1 Å². The average molecular weight is 387 g/mol. The molecular formula is C20H26N4O2S. The molecule has 6 nitrogen and oxygen atoms in total. The summed E-state index contributed by atoms with van der Waals surface area (Å²) in [6, 6.07) is 17.2. The number of primary sulfonamides is 1. The van der Waals surface area contributed by atoms with Gasteiger partial charge in [0.05, 0.1) is 4.90 Å². The van der Waals surface area contributed by atoms with Gasteiger partial charge in [0.1, 0.15) is 0 Å². The maximum atomic E-state index is 11.5. The Morgan fingerprint density at radius 2 is 1.93 bits per heavy atom. The molecule has 1 atom stereocenters. The van der Waals surface area contributed by atoms with Crippen LogP contribution in [0.5, 0.6) is 0 Å². The highest BCUT2D eigenvalue weighted by Gasteiger charge is 2.24. The quantitative estimate of drug-likeness (QED) is 0.607. The van der Waals surface area contributed by atoms with E-state index in [1.165, 1.54) is 11.6 Å². The summed E-state index contributed by atoms with van der Waals surface area (Å²) in [6.07, 6.45) is 2.21. The van der Waals surface area contributed by atoms with Crippen LogP contribution in [0.25, 0.3) is 0 Å². The first-order chi connectivity index (χ1) is 13.0. The molecule has 1 aliphatic heterocycles. The first-order valence-corrected chi connectivity index (χ1v) is 10.6. The van der Waals surface area contributed by atoms with E-state index in [-0.39, 0.29) is 4.90 Å². The Hall–Kier alpha value is -2.38. The SMILES string of the molecule is CN=C(NCc1cccc(S(N)(=O)=O)c1)N1CCC(Cc2ccccc2)C1. The zero-order valence-corrected chi connectivity index (χ0v) is 16.3. The van der Waals surface area contributed by atoms with Crippen molar-refractivity contribution in [1.82, 2.24) is 10.2 Å². The van der Waals surface area contributed by atoms with E-state index in [4.69, 9.17) is 5.14 Å². The third-order valence-electron chi connectivity index (χ3n) is 4.84. The Balaban J connectivity index is 1.57. The van der Waals surface area contributed by atoms with E-state index in [1.54, 1.807) is 19.2 Å². The fourth-order valence-electron chi connectivity index (χ4n) is 3.48. The normalized spacial score (nSPS) is 17.9. The molecule has 0 amide bonds. The van der Waals surface area contributed by atoms with E-state index in [0.717, 1.165) is 37.5 Å². The molecule has 1 saturated heterocycles. The van der Waals surface area contributed by atoms with E-state index in [2.05, 4.69) is 39.5 Å². The molecule has 1 unspecified atom stereocenters. The van der Waals surface area contributed by atoms with Gasteiger partial charge in [0.15, 0.2) is 5.96 Å². The van der Waals surface area contributed by atoms with Crippen LogP contribution in [-0.4, -0.2) is 39.4 Å². The van der Waals surface area contributed by atoms with Crippen LogP contribution in [-0.2, 0) is 23.0 Å². The molecule has 0 radical (unpaired) electrons. The molecule has 3 N–H and O–H groups in total. The number of guanidine groups is 1. The number of hydrogen-bond donors (Lipinski definition) is 2. The molecule has 3 rings (SSSR count). The molecule has 2 aromatic rings. The van der Waals surface area contributed by atoms with E-state index in [1.807, 2.05) is 12.1 Å². The van der Waals surface area contributed by atoms with Gasteiger partial charge in [-0.25, -0.2) is 13.6 Å². The Morgan fingerprint density at radius 1 is 1.19 bits per heavy atom. The predicted octanol–water partition coefficient (Wildman–Crippen LogP) is 1.97. The summed E-state index contributed by atoms with van der Waals surface area (Å²) in [5.74, 6) is 1.45. The zero-order valence-electron chi connectivity index (χ0n) is 15.5. The van der Waals surface area contributed by atoms with Crippen LogP contribution in [0.15, 0.2) is 64.5 Å². The number of nitrogens with two attached hydrogens (primary N) is 1. The van der Waals surface area contributed by atoms with Crippen molar-refractivity contribution in [2.45, 2.75) is 24.3 Å². The van der Waals surface area contributed by atoms with Gasteiger partial charge in [0.25, 0.3) is 0 Å². The number of rotatable bonds is 5. The number of benzene rings is 2.